The number of halogens is 1. The Labute approximate surface area is 110 Å². The Morgan fingerprint density at radius 2 is 2.11 bits per heavy atom. The van der Waals surface area contributed by atoms with Crippen molar-refractivity contribution in [1.29, 1.82) is 0 Å². The van der Waals surface area contributed by atoms with E-state index < -0.39 is 5.97 Å². The summed E-state index contributed by atoms with van der Waals surface area (Å²) in [5, 5.41) is 8.90. The molecule has 1 aromatic heterocycles. The smallest absolute Gasteiger partial charge is 0.305 e. The van der Waals surface area contributed by atoms with Crippen molar-refractivity contribution in [2.45, 2.75) is 26.3 Å². The summed E-state index contributed by atoms with van der Waals surface area (Å²) in [5.74, 6) is -1.25. The zero-order valence-electron chi connectivity index (χ0n) is 10.3. The molecule has 0 aliphatic rings. The number of amides is 1. The number of aliphatic carboxylic acids is 1. The Bertz CT molecular complexity index is 449. The maximum absolute atomic E-state index is 12.2. The lowest BCUT2D eigenvalue weighted by Gasteiger charge is -2.25. The molecule has 1 aromatic rings. The first-order valence-corrected chi connectivity index (χ1v) is 5.95. The first-order valence-electron chi connectivity index (χ1n) is 5.57. The first kappa shape index (κ1) is 14.4. The number of hydrogen-bond donors (Lipinski definition) is 1. The lowest BCUT2D eigenvalue weighted by molar-refractivity contribution is -0.137. The highest BCUT2D eigenvalue weighted by Gasteiger charge is 2.20. The van der Waals surface area contributed by atoms with Crippen LogP contribution < -0.4 is 0 Å². The summed E-state index contributed by atoms with van der Waals surface area (Å²) in [6.45, 7) is 3.80. The first-order chi connectivity index (χ1) is 8.41. The van der Waals surface area contributed by atoms with Crippen molar-refractivity contribution in [3.8, 4) is 0 Å². The van der Waals surface area contributed by atoms with Gasteiger partial charge in [-0.25, -0.2) is 4.98 Å². The van der Waals surface area contributed by atoms with Crippen LogP contribution in [-0.2, 0) is 4.79 Å². The Balaban J connectivity index is 2.85. The van der Waals surface area contributed by atoms with Crippen LogP contribution in [0.15, 0.2) is 18.2 Å². The predicted octanol–water partition coefficient (Wildman–Crippen LogP) is 2.06. The van der Waals surface area contributed by atoms with Crippen LogP contribution in [0.4, 0.5) is 0 Å². The Morgan fingerprint density at radius 1 is 1.44 bits per heavy atom. The zero-order valence-corrected chi connectivity index (χ0v) is 11.0. The second-order valence-electron chi connectivity index (χ2n) is 4.08. The highest BCUT2D eigenvalue weighted by atomic mass is 35.5. The molecule has 6 heteroatoms. The molecular formula is C12H15ClN2O3. The van der Waals surface area contributed by atoms with Gasteiger partial charge in [0.1, 0.15) is 10.8 Å². The van der Waals surface area contributed by atoms with Gasteiger partial charge in [-0.1, -0.05) is 17.7 Å². The molecule has 5 nitrogen and oxygen atoms in total. The molecule has 1 amide bonds. The van der Waals surface area contributed by atoms with E-state index in [1.807, 2.05) is 13.8 Å². The van der Waals surface area contributed by atoms with E-state index in [0.717, 1.165) is 0 Å². The molecule has 0 saturated carbocycles. The molecule has 0 fully saturated rings. The third-order valence-corrected chi connectivity index (χ3v) is 2.60. The molecule has 98 valence electrons. The number of hydrogen-bond acceptors (Lipinski definition) is 3. The maximum atomic E-state index is 12.2. The molecule has 0 bridgehead atoms. The predicted molar refractivity (Wildman–Crippen MR) is 67.7 cm³/mol. The molecule has 18 heavy (non-hydrogen) atoms. The number of carbonyl (C=O) groups excluding carboxylic acids is 1. The maximum Gasteiger partial charge on any atom is 0.305 e. The van der Waals surface area contributed by atoms with Gasteiger partial charge >= 0.3 is 5.97 Å². The largest absolute Gasteiger partial charge is 0.481 e. The standard InChI is InChI=1S/C12H15ClN2O3/c1-8(2)15(7-6-11(16)17)12(18)9-4-3-5-10(13)14-9/h3-5,8H,6-7H2,1-2H3,(H,16,17). The van der Waals surface area contributed by atoms with Crippen LogP contribution in [0, 0.1) is 0 Å². The van der Waals surface area contributed by atoms with Crippen LogP contribution in [0.5, 0.6) is 0 Å². The van der Waals surface area contributed by atoms with Gasteiger partial charge in [0.2, 0.25) is 0 Å². The molecular weight excluding hydrogens is 256 g/mol. The second-order valence-corrected chi connectivity index (χ2v) is 4.47. The SMILES string of the molecule is CC(C)N(CCC(=O)O)C(=O)c1cccc(Cl)n1. The number of rotatable bonds is 5. The molecule has 0 unspecified atom stereocenters. The molecule has 0 spiro atoms. The lowest BCUT2D eigenvalue weighted by atomic mass is 10.2. The Hall–Kier alpha value is -1.62. The Kier molecular flexibility index (Phi) is 5.09. The van der Waals surface area contributed by atoms with E-state index in [2.05, 4.69) is 4.98 Å². The van der Waals surface area contributed by atoms with Crippen LogP contribution in [0.25, 0.3) is 0 Å². The number of pyridine rings is 1. The van der Waals surface area contributed by atoms with E-state index >= 15 is 0 Å². The van der Waals surface area contributed by atoms with Gasteiger partial charge in [0.25, 0.3) is 5.91 Å². The van der Waals surface area contributed by atoms with Gasteiger partial charge in [-0.2, -0.15) is 0 Å². The van der Waals surface area contributed by atoms with Crippen LogP contribution in [0.1, 0.15) is 30.8 Å². The van der Waals surface area contributed by atoms with E-state index in [0.29, 0.717) is 0 Å². The van der Waals surface area contributed by atoms with Crippen LogP contribution in [-0.4, -0.2) is 39.5 Å². The fraction of sp³-hybridized carbons (Fsp3) is 0.417. The summed E-state index contributed by atoms with van der Waals surface area (Å²) in [6, 6.07) is 4.68. The number of aromatic nitrogens is 1. The Morgan fingerprint density at radius 3 is 2.61 bits per heavy atom. The molecule has 0 atom stereocenters. The van der Waals surface area contributed by atoms with Crippen molar-refractivity contribution in [1.82, 2.24) is 9.88 Å². The fourth-order valence-electron chi connectivity index (χ4n) is 1.48. The van der Waals surface area contributed by atoms with Gasteiger partial charge in [0.15, 0.2) is 0 Å². The van der Waals surface area contributed by atoms with Crippen molar-refractivity contribution >= 4 is 23.5 Å². The van der Waals surface area contributed by atoms with Crippen molar-refractivity contribution < 1.29 is 14.7 Å². The van der Waals surface area contributed by atoms with Crippen molar-refractivity contribution in [2.24, 2.45) is 0 Å². The molecule has 1 heterocycles. The molecule has 0 aliphatic carbocycles. The average Bonchev–Trinajstić information content (AvgIpc) is 2.28. The summed E-state index contributed by atoms with van der Waals surface area (Å²) in [6.07, 6.45) is -0.0928. The van der Waals surface area contributed by atoms with E-state index in [9.17, 15) is 9.59 Å². The van der Waals surface area contributed by atoms with Gasteiger partial charge in [0.05, 0.1) is 6.42 Å². The van der Waals surface area contributed by atoms with E-state index in [1.54, 1.807) is 18.2 Å². The molecule has 0 radical (unpaired) electrons. The minimum Gasteiger partial charge on any atom is -0.481 e. The van der Waals surface area contributed by atoms with Crippen molar-refractivity contribution in [3.05, 3.63) is 29.0 Å². The highest BCUT2D eigenvalue weighted by molar-refractivity contribution is 6.29. The van der Waals surface area contributed by atoms with Gasteiger partial charge in [-0.3, -0.25) is 9.59 Å². The quantitative estimate of drug-likeness (QED) is 0.832. The van der Waals surface area contributed by atoms with Gasteiger partial charge in [-0.05, 0) is 26.0 Å². The summed E-state index contributed by atoms with van der Waals surface area (Å²) in [5.41, 5.74) is 0.224. The van der Waals surface area contributed by atoms with E-state index in [4.69, 9.17) is 16.7 Å². The van der Waals surface area contributed by atoms with Crippen LogP contribution in [0.3, 0.4) is 0 Å². The summed E-state index contributed by atoms with van der Waals surface area (Å²) >= 11 is 5.72. The molecule has 1 rings (SSSR count). The highest BCUT2D eigenvalue weighted by Crippen LogP contribution is 2.10. The number of carbonyl (C=O) groups is 2. The average molecular weight is 271 g/mol. The molecule has 0 saturated heterocycles. The second kappa shape index (κ2) is 6.35. The van der Waals surface area contributed by atoms with Gasteiger partial charge < -0.3 is 10.0 Å². The van der Waals surface area contributed by atoms with E-state index in [-0.39, 0.29) is 35.8 Å². The third-order valence-electron chi connectivity index (χ3n) is 2.39. The molecule has 0 aromatic carbocycles. The minimum absolute atomic E-state index is 0.0928. The summed E-state index contributed by atoms with van der Waals surface area (Å²) < 4.78 is 0. The fourth-order valence-corrected chi connectivity index (χ4v) is 1.65. The summed E-state index contributed by atoms with van der Waals surface area (Å²) in [7, 11) is 0. The number of carboxylic acids is 1. The van der Waals surface area contributed by atoms with Crippen molar-refractivity contribution in [2.75, 3.05) is 6.54 Å². The topological polar surface area (TPSA) is 70.5 Å². The van der Waals surface area contributed by atoms with Gasteiger partial charge in [-0.15, -0.1) is 0 Å². The monoisotopic (exact) mass is 270 g/mol. The molecule has 0 aliphatic heterocycles. The normalized spacial score (nSPS) is 10.4. The van der Waals surface area contributed by atoms with Crippen LogP contribution >= 0.6 is 11.6 Å². The number of nitrogens with zero attached hydrogens (tertiary/aromatic N) is 2. The zero-order chi connectivity index (χ0) is 13.7. The number of carboxylic acid groups (broad SMARTS) is 1. The summed E-state index contributed by atoms with van der Waals surface area (Å²) in [4.78, 5) is 28.1. The molecule has 1 N–H and O–H groups in total. The van der Waals surface area contributed by atoms with E-state index in [1.165, 1.54) is 4.90 Å². The lowest BCUT2D eigenvalue weighted by Crippen LogP contribution is -2.38. The van der Waals surface area contributed by atoms with Gasteiger partial charge in [0, 0.05) is 12.6 Å². The van der Waals surface area contributed by atoms with Crippen molar-refractivity contribution in [3.63, 3.8) is 0 Å². The minimum atomic E-state index is -0.937. The third kappa shape index (κ3) is 4.00. The van der Waals surface area contributed by atoms with Crippen LogP contribution in [0.2, 0.25) is 5.15 Å².